The fraction of sp³-hybridized carbons (Fsp3) is 0.588. The van der Waals surface area contributed by atoms with Crippen LogP contribution in [0.4, 0.5) is 5.13 Å². The van der Waals surface area contributed by atoms with E-state index in [-0.39, 0.29) is 11.0 Å². The van der Waals surface area contributed by atoms with Crippen LogP contribution in [-0.2, 0) is 11.8 Å². The van der Waals surface area contributed by atoms with Crippen LogP contribution in [0, 0.1) is 0 Å². The third-order valence-corrected chi connectivity index (χ3v) is 6.45. The average Bonchev–Trinajstić information content (AvgIpc) is 3.16. The second-order valence-corrected chi connectivity index (χ2v) is 8.05. The van der Waals surface area contributed by atoms with Crippen molar-refractivity contribution in [2.75, 3.05) is 18.0 Å². The second-order valence-electron chi connectivity index (χ2n) is 7.17. The Bertz CT molecular complexity index is 795. The number of hydrogen-bond donors (Lipinski definition) is 1. The lowest BCUT2D eigenvalue weighted by Gasteiger charge is -2.40. The molecule has 5 nitrogen and oxygen atoms in total. The minimum atomic E-state index is 0.0527. The molecule has 0 bridgehead atoms. The molecule has 1 saturated carbocycles. The number of fused-ring (bicyclic) bond motifs is 2. The number of anilines is 1. The van der Waals surface area contributed by atoms with Gasteiger partial charge >= 0.3 is 0 Å². The first kappa shape index (κ1) is 13.7. The minimum Gasteiger partial charge on any atom is -0.347 e. The molecule has 1 aliphatic heterocycles. The number of nitrogens with one attached hydrogen (secondary N) is 1. The molecule has 2 aromatic heterocycles. The van der Waals surface area contributed by atoms with Gasteiger partial charge in [0.25, 0.3) is 5.56 Å². The maximum atomic E-state index is 12.5. The normalized spacial score (nSPS) is 26.7. The molecule has 3 aliphatic rings. The van der Waals surface area contributed by atoms with Gasteiger partial charge in [0.05, 0.1) is 5.69 Å². The number of thiazole rings is 1. The molecule has 2 aromatic rings. The minimum absolute atomic E-state index is 0.0527. The Labute approximate surface area is 138 Å². The van der Waals surface area contributed by atoms with Crippen molar-refractivity contribution >= 4 is 16.5 Å². The number of nitrogens with zero attached hydrogens (tertiary/aromatic N) is 3. The monoisotopic (exact) mass is 328 g/mol. The Kier molecular flexibility index (Phi) is 2.92. The summed E-state index contributed by atoms with van der Waals surface area (Å²) in [6.45, 7) is 2.01. The molecule has 1 saturated heterocycles. The first-order valence-electron chi connectivity index (χ1n) is 8.53. The van der Waals surface area contributed by atoms with Crippen molar-refractivity contribution in [3.8, 4) is 0 Å². The topological polar surface area (TPSA) is 61.9 Å². The molecule has 5 rings (SSSR count). The van der Waals surface area contributed by atoms with E-state index in [9.17, 15) is 4.79 Å². The van der Waals surface area contributed by atoms with Crippen molar-refractivity contribution in [1.29, 1.82) is 0 Å². The second kappa shape index (κ2) is 4.90. The lowest BCUT2D eigenvalue weighted by molar-refractivity contribution is 0.333. The van der Waals surface area contributed by atoms with Crippen LogP contribution in [0.25, 0.3) is 0 Å². The zero-order valence-electron chi connectivity index (χ0n) is 13.0. The number of hydrogen-bond acceptors (Lipinski definition) is 5. The van der Waals surface area contributed by atoms with Crippen molar-refractivity contribution in [3.63, 3.8) is 0 Å². The van der Waals surface area contributed by atoms with Crippen LogP contribution >= 0.6 is 11.3 Å². The van der Waals surface area contributed by atoms with E-state index in [4.69, 9.17) is 4.98 Å². The molecule has 1 atom stereocenters. The summed E-state index contributed by atoms with van der Waals surface area (Å²) in [7, 11) is 0. The largest absolute Gasteiger partial charge is 0.347 e. The number of aromatic amines is 1. The van der Waals surface area contributed by atoms with Gasteiger partial charge < -0.3 is 9.88 Å². The molecule has 3 heterocycles. The van der Waals surface area contributed by atoms with Gasteiger partial charge in [0, 0.05) is 41.6 Å². The molecule has 1 N–H and O–H groups in total. The zero-order chi connectivity index (χ0) is 15.4. The van der Waals surface area contributed by atoms with Gasteiger partial charge in [0.2, 0.25) is 0 Å². The highest BCUT2D eigenvalue weighted by molar-refractivity contribution is 7.13. The highest BCUT2D eigenvalue weighted by atomic mass is 32.1. The van der Waals surface area contributed by atoms with Gasteiger partial charge in [0.15, 0.2) is 5.13 Å². The first-order chi connectivity index (χ1) is 11.3. The third-order valence-electron chi connectivity index (χ3n) is 5.62. The SMILES string of the molecule is O=c1[nH]c(C2CC2)nc2c1CCC21CCCN(c2nccs2)C1. The van der Waals surface area contributed by atoms with Gasteiger partial charge in [0.1, 0.15) is 5.82 Å². The molecule has 120 valence electrons. The van der Waals surface area contributed by atoms with E-state index >= 15 is 0 Å². The lowest BCUT2D eigenvalue weighted by Crippen LogP contribution is -2.45. The summed E-state index contributed by atoms with van der Waals surface area (Å²) in [5.41, 5.74) is 2.21. The summed E-state index contributed by atoms with van der Waals surface area (Å²) in [5, 5.41) is 3.14. The van der Waals surface area contributed by atoms with E-state index in [2.05, 4.69) is 14.9 Å². The molecule has 0 amide bonds. The average molecular weight is 328 g/mol. The zero-order valence-corrected chi connectivity index (χ0v) is 13.9. The van der Waals surface area contributed by atoms with Crippen LogP contribution in [0.1, 0.15) is 55.1 Å². The van der Waals surface area contributed by atoms with Crippen LogP contribution in [0.3, 0.4) is 0 Å². The summed E-state index contributed by atoms with van der Waals surface area (Å²) in [6, 6.07) is 0. The van der Waals surface area contributed by atoms with E-state index in [0.717, 1.165) is 61.0 Å². The van der Waals surface area contributed by atoms with Gasteiger partial charge in [-0.1, -0.05) is 0 Å². The third kappa shape index (κ3) is 2.15. The Hall–Kier alpha value is -1.69. The molecule has 0 aromatic carbocycles. The highest BCUT2D eigenvalue weighted by Gasteiger charge is 2.45. The predicted octanol–water partition coefficient (Wildman–Crippen LogP) is 2.59. The maximum Gasteiger partial charge on any atom is 0.254 e. The molecule has 0 radical (unpaired) electrons. The summed E-state index contributed by atoms with van der Waals surface area (Å²) in [6.07, 6.45) is 8.41. The van der Waals surface area contributed by atoms with E-state index in [1.807, 2.05) is 11.6 Å². The van der Waals surface area contributed by atoms with Crippen LogP contribution in [-0.4, -0.2) is 28.0 Å². The Morgan fingerprint density at radius 2 is 2.26 bits per heavy atom. The maximum absolute atomic E-state index is 12.5. The van der Waals surface area contributed by atoms with E-state index in [1.54, 1.807) is 11.3 Å². The van der Waals surface area contributed by atoms with Gasteiger partial charge in [-0.2, -0.15) is 0 Å². The number of piperidine rings is 1. The summed E-state index contributed by atoms with van der Waals surface area (Å²) in [4.78, 5) is 27.4. The molecule has 1 unspecified atom stereocenters. The van der Waals surface area contributed by atoms with Crippen molar-refractivity contribution < 1.29 is 0 Å². The van der Waals surface area contributed by atoms with E-state index in [1.165, 1.54) is 12.8 Å². The summed E-state index contributed by atoms with van der Waals surface area (Å²) >= 11 is 1.70. The number of aromatic nitrogens is 3. The molecular formula is C17H20N4OS. The molecule has 2 fully saturated rings. The predicted molar refractivity (Wildman–Crippen MR) is 90.4 cm³/mol. The van der Waals surface area contributed by atoms with Crippen molar-refractivity contribution in [2.45, 2.75) is 49.9 Å². The van der Waals surface area contributed by atoms with Crippen molar-refractivity contribution in [3.05, 3.63) is 39.0 Å². The molecule has 23 heavy (non-hydrogen) atoms. The van der Waals surface area contributed by atoms with Crippen LogP contribution in [0.5, 0.6) is 0 Å². The lowest BCUT2D eigenvalue weighted by atomic mass is 9.77. The van der Waals surface area contributed by atoms with E-state index < -0.39 is 0 Å². The Morgan fingerprint density at radius 1 is 1.35 bits per heavy atom. The van der Waals surface area contributed by atoms with Crippen molar-refractivity contribution in [1.82, 2.24) is 15.0 Å². The fourth-order valence-electron chi connectivity index (χ4n) is 4.28. The molecule has 1 spiro atoms. The highest BCUT2D eigenvalue weighted by Crippen LogP contribution is 2.45. The Balaban J connectivity index is 1.56. The number of rotatable bonds is 2. The smallest absolute Gasteiger partial charge is 0.254 e. The van der Waals surface area contributed by atoms with E-state index in [0.29, 0.717) is 5.92 Å². The number of H-pyrrole nitrogens is 1. The standard InChI is InChI=1S/C17H20N4OS/c22-15-12-4-6-17(13(12)19-14(20-15)11-2-3-11)5-1-8-21(10-17)16-18-7-9-23-16/h7,9,11H,1-6,8,10H2,(H,19,20,22). The quantitative estimate of drug-likeness (QED) is 0.920. The van der Waals surface area contributed by atoms with Gasteiger partial charge in [-0.05, 0) is 38.5 Å². The molecular weight excluding hydrogens is 308 g/mol. The fourth-order valence-corrected chi connectivity index (χ4v) is 4.95. The van der Waals surface area contributed by atoms with Gasteiger partial charge in [-0.15, -0.1) is 11.3 Å². The Morgan fingerprint density at radius 3 is 3.04 bits per heavy atom. The van der Waals surface area contributed by atoms with Gasteiger partial charge in [-0.3, -0.25) is 4.79 Å². The van der Waals surface area contributed by atoms with Crippen molar-refractivity contribution in [2.24, 2.45) is 0 Å². The van der Waals surface area contributed by atoms with Crippen LogP contribution in [0.15, 0.2) is 16.4 Å². The molecule has 2 aliphatic carbocycles. The summed E-state index contributed by atoms with van der Waals surface area (Å²) < 4.78 is 0. The first-order valence-corrected chi connectivity index (χ1v) is 9.41. The van der Waals surface area contributed by atoms with Crippen LogP contribution in [0.2, 0.25) is 0 Å². The summed E-state index contributed by atoms with van der Waals surface area (Å²) in [5.74, 6) is 1.42. The molecule has 6 heteroatoms. The van der Waals surface area contributed by atoms with Gasteiger partial charge in [-0.25, -0.2) is 9.97 Å². The van der Waals surface area contributed by atoms with Crippen LogP contribution < -0.4 is 10.5 Å².